The quantitative estimate of drug-likeness (QED) is 0.776. The molecule has 0 unspecified atom stereocenters. The van der Waals surface area contributed by atoms with E-state index in [0.29, 0.717) is 6.42 Å². The van der Waals surface area contributed by atoms with Gasteiger partial charge in [-0.25, -0.2) is 4.79 Å². The van der Waals surface area contributed by atoms with Gasteiger partial charge in [0, 0.05) is 6.04 Å². The van der Waals surface area contributed by atoms with E-state index < -0.39 is 29.6 Å². The van der Waals surface area contributed by atoms with E-state index >= 15 is 0 Å². The Bertz CT molecular complexity index is 257. The largest absolute Gasteiger partial charge is 0.481 e. The fourth-order valence-electron chi connectivity index (χ4n) is 1.34. The molecule has 0 saturated carbocycles. The lowest BCUT2D eigenvalue weighted by Gasteiger charge is -2.24. The van der Waals surface area contributed by atoms with Crippen LogP contribution in [0.15, 0.2) is 0 Å². The predicted octanol–water partition coefficient (Wildman–Crippen LogP) is 2.01. The Balaban J connectivity index is 4.28. The molecule has 0 aromatic heterocycles. The lowest BCUT2D eigenvalue weighted by Crippen LogP contribution is -2.43. The molecule has 0 heterocycles. The first-order valence-corrected chi connectivity index (χ1v) is 5.39. The van der Waals surface area contributed by atoms with Crippen LogP contribution in [0.4, 0.5) is 4.79 Å². The molecule has 0 bridgehead atoms. The van der Waals surface area contributed by atoms with Crippen LogP contribution in [0.3, 0.4) is 0 Å². The molecule has 5 heteroatoms. The Labute approximate surface area is 96.2 Å². The number of carbonyl (C=O) groups is 2. The Morgan fingerprint density at radius 1 is 1.38 bits per heavy atom. The van der Waals surface area contributed by atoms with Gasteiger partial charge in [0.25, 0.3) is 0 Å². The average Bonchev–Trinajstić information content (AvgIpc) is 1.99. The molecule has 5 nitrogen and oxygen atoms in total. The zero-order valence-corrected chi connectivity index (χ0v) is 10.5. The topological polar surface area (TPSA) is 75.6 Å². The van der Waals surface area contributed by atoms with Gasteiger partial charge in [0.2, 0.25) is 0 Å². The number of nitrogens with one attached hydrogen (secondary N) is 1. The minimum Gasteiger partial charge on any atom is -0.481 e. The van der Waals surface area contributed by atoms with Crippen LogP contribution in [0.25, 0.3) is 0 Å². The Kier molecular flexibility index (Phi) is 5.27. The second-order valence-electron chi connectivity index (χ2n) is 4.79. The predicted molar refractivity (Wildman–Crippen MR) is 60.2 cm³/mol. The van der Waals surface area contributed by atoms with Crippen molar-refractivity contribution >= 4 is 12.1 Å². The van der Waals surface area contributed by atoms with Crippen LogP contribution >= 0.6 is 0 Å². The Morgan fingerprint density at radius 2 is 1.88 bits per heavy atom. The van der Waals surface area contributed by atoms with E-state index in [1.165, 1.54) is 0 Å². The zero-order chi connectivity index (χ0) is 12.9. The van der Waals surface area contributed by atoms with Crippen LogP contribution in [-0.4, -0.2) is 28.8 Å². The molecule has 0 spiro atoms. The second-order valence-corrected chi connectivity index (χ2v) is 4.79. The zero-order valence-electron chi connectivity index (χ0n) is 10.5. The van der Waals surface area contributed by atoms with Crippen LogP contribution in [-0.2, 0) is 9.53 Å². The summed E-state index contributed by atoms with van der Waals surface area (Å²) in [5.41, 5.74) is -0.575. The van der Waals surface area contributed by atoms with Gasteiger partial charge in [0.15, 0.2) is 0 Å². The van der Waals surface area contributed by atoms with E-state index in [9.17, 15) is 9.59 Å². The van der Waals surface area contributed by atoms with E-state index in [0.717, 1.165) is 0 Å². The van der Waals surface area contributed by atoms with E-state index in [4.69, 9.17) is 9.84 Å². The number of rotatable bonds is 4. The first-order chi connectivity index (χ1) is 7.17. The van der Waals surface area contributed by atoms with Crippen LogP contribution in [0, 0.1) is 5.92 Å². The molecule has 0 aromatic rings. The van der Waals surface area contributed by atoms with Gasteiger partial charge in [-0.1, -0.05) is 6.92 Å². The van der Waals surface area contributed by atoms with Crippen molar-refractivity contribution in [2.45, 2.75) is 52.7 Å². The molecule has 94 valence electrons. The van der Waals surface area contributed by atoms with Gasteiger partial charge in [-0.2, -0.15) is 0 Å². The van der Waals surface area contributed by atoms with Crippen molar-refractivity contribution in [3.05, 3.63) is 0 Å². The van der Waals surface area contributed by atoms with Gasteiger partial charge in [-0.15, -0.1) is 0 Å². The number of carboxylic acid groups (broad SMARTS) is 1. The lowest BCUT2D eigenvalue weighted by atomic mass is 9.99. The van der Waals surface area contributed by atoms with Crippen LogP contribution in [0.5, 0.6) is 0 Å². The second kappa shape index (κ2) is 5.72. The van der Waals surface area contributed by atoms with E-state index in [2.05, 4.69) is 5.32 Å². The maximum atomic E-state index is 11.4. The first kappa shape index (κ1) is 14.7. The van der Waals surface area contributed by atoms with Crippen molar-refractivity contribution in [2.75, 3.05) is 0 Å². The number of carbonyl (C=O) groups excluding carboxylic acids is 1. The number of carboxylic acids is 1. The number of hydrogen-bond acceptors (Lipinski definition) is 3. The van der Waals surface area contributed by atoms with Crippen LogP contribution in [0.1, 0.15) is 41.0 Å². The molecule has 0 radical (unpaired) electrons. The SMILES string of the molecule is CC[C@@H](C(=O)O)[C@@H](C)NC(=O)OC(C)(C)C. The summed E-state index contributed by atoms with van der Waals surface area (Å²) >= 11 is 0. The third-order valence-electron chi connectivity index (χ3n) is 2.10. The van der Waals surface area contributed by atoms with Crippen molar-refractivity contribution in [1.82, 2.24) is 5.32 Å². The monoisotopic (exact) mass is 231 g/mol. The highest BCUT2D eigenvalue weighted by Crippen LogP contribution is 2.11. The molecule has 0 fully saturated rings. The summed E-state index contributed by atoms with van der Waals surface area (Å²) < 4.78 is 5.04. The summed E-state index contributed by atoms with van der Waals surface area (Å²) in [5, 5.41) is 11.4. The maximum absolute atomic E-state index is 11.4. The normalized spacial score (nSPS) is 15.1. The molecule has 0 aliphatic rings. The number of amides is 1. The summed E-state index contributed by atoms with van der Waals surface area (Å²) in [6, 6.07) is -0.447. The third kappa shape index (κ3) is 5.58. The van der Waals surface area contributed by atoms with E-state index in [1.807, 2.05) is 0 Å². The van der Waals surface area contributed by atoms with Crippen molar-refractivity contribution in [3.8, 4) is 0 Å². The fourth-order valence-corrected chi connectivity index (χ4v) is 1.34. The van der Waals surface area contributed by atoms with Gasteiger partial charge in [0.1, 0.15) is 5.60 Å². The smallest absolute Gasteiger partial charge is 0.407 e. The fraction of sp³-hybridized carbons (Fsp3) is 0.818. The van der Waals surface area contributed by atoms with Crippen LogP contribution < -0.4 is 5.32 Å². The number of alkyl carbamates (subject to hydrolysis) is 1. The van der Waals surface area contributed by atoms with Crippen molar-refractivity contribution in [3.63, 3.8) is 0 Å². The van der Waals surface area contributed by atoms with Gasteiger partial charge in [-0.05, 0) is 34.1 Å². The van der Waals surface area contributed by atoms with Crippen molar-refractivity contribution < 1.29 is 19.4 Å². The molecule has 0 aromatic carbocycles. The molecule has 0 aliphatic carbocycles. The van der Waals surface area contributed by atoms with Crippen molar-refractivity contribution in [1.29, 1.82) is 0 Å². The minimum absolute atomic E-state index is 0.447. The summed E-state index contributed by atoms with van der Waals surface area (Å²) in [4.78, 5) is 22.2. The summed E-state index contributed by atoms with van der Waals surface area (Å²) in [6.45, 7) is 8.70. The van der Waals surface area contributed by atoms with Gasteiger partial charge in [0.05, 0.1) is 5.92 Å². The van der Waals surface area contributed by atoms with E-state index in [1.54, 1.807) is 34.6 Å². The highest BCUT2D eigenvalue weighted by molar-refractivity contribution is 5.73. The average molecular weight is 231 g/mol. The third-order valence-corrected chi connectivity index (χ3v) is 2.10. The lowest BCUT2D eigenvalue weighted by molar-refractivity contribution is -0.142. The number of ether oxygens (including phenoxy) is 1. The molecule has 2 N–H and O–H groups in total. The maximum Gasteiger partial charge on any atom is 0.407 e. The highest BCUT2D eigenvalue weighted by atomic mass is 16.6. The van der Waals surface area contributed by atoms with Gasteiger partial charge >= 0.3 is 12.1 Å². The minimum atomic E-state index is -0.911. The summed E-state index contributed by atoms with van der Waals surface area (Å²) in [5.74, 6) is -1.50. The molecular formula is C11H21NO4. The standard InChI is InChI=1S/C11H21NO4/c1-6-8(9(13)14)7(2)12-10(15)16-11(3,4)5/h7-8H,6H2,1-5H3,(H,12,15)(H,13,14)/t7-,8-/m1/s1. The molecule has 1 amide bonds. The molecule has 0 rings (SSSR count). The number of aliphatic carboxylic acids is 1. The summed E-state index contributed by atoms with van der Waals surface area (Å²) in [6.07, 6.45) is -0.119. The molecule has 2 atom stereocenters. The first-order valence-electron chi connectivity index (χ1n) is 5.39. The molecular weight excluding hydrogens is 210 g/mol. The van der Waals surface area contributed by atoms with Crippen molar-refractivity contribution in [2.24, 2.45) is 5.92 Å². The molecule has 0 aliphatic heterocycles. The van der Waals surface area contributed by atoms with Crippen LogP contribution in [0.2, 0.25) is 0 Å². The molecule has 16 heavy (non-hydrogen) atoms. The van der Waals surface area contributed by atoms with Gasteiger partial charge in [-0.3, -0.25) is 4.79 Å². The summed E-state index contributed by atoms with van der Waals surface area (Å²) in [7, 11) is 0. The Morgan fingerprint density at radius 3 is 2.19 bits per heavy atom. The number of hydrogen-bond donors (Lipinski definition) is 2. The van der Waals surface area contributed by atoms with Gasteiger partial charge < -0.3 is 15.2 Å². The highest BCUT2D eigenvalue weighted by Gasteiger charge is 2.26. The Hall–Kier alpha value is -1.26. The van der Waals surface area contributed by atoms with E-state index in [-0.39, 0.29) is 0 Å². The molecule has 0 saturated heterocycles.